The molecule has 3 aromatic heterocycles. The summed E-state index contributed by atoms with van der Waals surface area (Å²) in [5.74, 6) is 0.0188. The van der Waals surface area contributed by atoms with Crippen LogP contribution in [0.5, 0.6) is 11.5 Å². The summed E-state index contributed by atoms with van der Waals surface area (Å²) in [6.07, 6.45) is 3.05. The Bertz CT molecular complexity index is 1340. The summed E-state index contributed by atoms with van der Waals surface area (Å²) in [6.45, 7) is 0.146. The molecule has 7 nitrogen and oxygen atoms in total. The van der Waals surface area contributed by atoms with Gasteiger partial charge in [0.15, 0.2) is 5.65 Å². The SMILES string of the molecule is N#Cc1cc(Cl)cc(Oc2c(Cl)c(Cl)cn(Cc3[nH]nc4ncccc34)c2=O)c1. The smallest absolute Gasteiger partial charge is 0.295 e. The van der Waals surface area contributed by atoms with Crippen LogP contribution in [0.25, 0.3) is 11.0 Å². The molecule has 10 heteroatoms. The zero-order valence-corrected chi connectivity index (χ0v) is 16.8. The van der Waals surface area contributed by atoms with Crippen molar-refractivity contribution in [2.45, 2.75) is 6.54 Å². The highest BCUT2D eigenvalue weighted by atomic mass is 35.5. The molecule has 0 aliphatic carbocycles. The summed E-state index contributed by atoms with van der Waals surface area (Å²) in [5, 5.41) is 17.2. The van der Waals surface area contributed by atoms with E-state index in [1.807, 2.05) is 12.1 Å². The van der Waals surface area contributed by atoms with Gasteiger partial charge in [-0.3, -0.25) is 9.89 Å². The minimum atomic E-state index is -0.510. The van der Waals surface area contributed by atoms with E-state index in [0.29, 0.717) is 11.3 Å². The molecule has 0 fully saturated rings. The van der Waals surface area contributed by atoms with Gasteiger partial charge in [0.1, 0.15) is 10.8 Å². The molecule has 0 radical (unpaired) electrons. The van der Waals surface area contributed by atoms with Crippen molar-refractivity contribution in [3.63, 3.8) is 0 Å². The van der Waals surface area contributed by atoms with E-state index in [1.165, 1.54) is 29.0 Å². The second-order valence-corrected chi connectivity index (χ2v) is 7.24. The molecule has 0 atom stereocenters. The van der Waals surface area contributed by atoms with E-state index in [2.05, 4.69) is 15.2 Å². The van der Waals surface area contributed by atoms with Gasteiger partial charge in [-0.15, -0.1) is 0 Å². The number of ether oxygens (including phenoxy) is 1. The van der Waals surface area contributed by atoms with Gasteiger partial charge in [0, 0.05) is 22.8 Å². The number of aromatic nitrogens is 4. The minimum absolute atomic E-state index is 0.0393. The molecule has 0 saturated carbocycles. The maximum atomic E-state index is 13.0. The number of H-pyrrole nitrogens is 1. The molecule has 3 heterocycles. The topological polar surface area (TPSA) is 96.6 Å². The van der Waals surface area contributed by atoms with Crippen molar-refractivity contribution in [2.75, 3.05) is 0 Å². The van der Waals surface area contributed by atoms with Crippen LogP contribution in [0.2, 0.25) is 15.1 Å². The van der Waals surface area contributed by atoms with Crippen LogP contribution in [0.3, 0.4) is 0 Å². The molecule has 0 aliphatic heterocycles. The Morgan fingerprint density at radius 1 is 1.24 bits per heavy atom. The number of nitriles is 1. The molecule has 0 spiro atoms. The number of nitrogens with one attached hydrogen (secondary N) is 1. The van der Waals surface area contributed by atoms with Gasteiger partial charge < -0.3 is 9.30 Å². The fourth-order valence-corrected chi connectivity index (χ4v) is 3.38. The predicted octanol–water partition coefficient (Wildman–Crippen LogP) is 4.79. The summed E-state index contributed by atoms with van der Waals surface area (Å²) >= 11 is 18.4. The molecule has 0 saturated heterocycles. The quantitative estimate of drug-likeness (QED) is 0.486. The predicted molar refractivity (Wildman–Crippen MR) is 110 cm³/mol. The first-order valence-electron chi connectivity index (χ1n) is 8.21. The molecular weight excluding hydrogens is 437 g/mol. The van der Waals surface area contributed by atoms with E-state index in [1.54, 1.807) is 12.3 Å². The van der Waals surface area contributed by atoms with Crippen LogP contribution >= 0.6 is 34.8 Å². The Kier molecular flexibility index (Phi) is 5.16. The number of benzene rings is 1. The van der Waals surface area contributed by atoms with Crippen molar-refractivity contribution in [1.82, 2.24) is 19.7 Å². The monoisotopic (exact) mass is 445 g/mol. The van der Waals surface area contributed by atoms with Crippen LogP contribution in [-0.2, 0) is 6.54 Å². The maximum absolute atomic E-state index is 13.0. The van der Waals surface area contributed by atoms with Gasteiger partial charge in [0.25, 0.3) is 5.56 Å². The first-order valence-corrected chi connectivity index (χ1v) is 9.34. The third-order valence-electron chi connectivity index (χ3n) is 4.09. The van der Waals surface area contributed by atoms with Gasteiger partial charge in [0.2, 0.25) is 5.75 Å². The first-order chi connectivity index (χ1) is 14.0. The van der Waals surface area contributed by atoms with Crippen LogP contribution in [0, 0.1) is 11.3 Å². The largest absolute Gasteiger partial charge is 0.450 e. The molecule has 144 valence electrons. The van der Waals surface area contributed by atoms with Crippen LogP contribution in [0.4, 0.5) is 0 Å². The first kappa shape index (κ1) is 19.3. The molecule has 0 unspecified atom stereocenters. The number of hydrogen-bond donors (Lipinski definition) is 1. The molecule has 0 bridgehead atoms. The minimum Gasteiger partial charge on any atom is -0.450 e. The number of rotatable bonds is 4. The number of nitrogens with zero attached hydrogens (tertiary/aromatic N) is 4. The third kappa shape index (κ3) is 3.78. The number of hydrogen-bond acceptors (Lipinski definition) is 5. The Morgan fingerprint density at radius 3 is 2.86 bits per heavy atom. The summed E-state index contributed by atoms with van der Waals surface area (Å²) < 4.78 is 7.01. The van der Waals surface area contributed by atoms with Gasteiger partial charge >= 0.3 is 0 Å². The molecule has 1 N–H and O–H groups in total. The molecule has 4 aromatic rings. The lowest BCUT2D eigenvalue weighted by Crippen LogP contribution is -2.22. The van der Waals surface area contributed by atoms with Crippen molar-refractivity contribution in [2.24, 2.45) is 0 Å². The standard InChI is InChI=1S/C19H10Cl3N5O2/c20-11-4-10(7-23)5-12(6-11)29-17-16(22)14(21)8-27(19(17)28)9-15-13-2-1-3-24-18(13)26-25-15/h1-6,8H,9H2,(H,24,25,26). The highest BCUT2D eigenvalue weighted by molar-refractivity contribution is 6.42. The number of halogens is 3. The van der Waals surface area contributed by atoms with E-state index in [9.17, 15) is 4.79 Å². The lowest BCUT2D eigenvalue weighted by Gasteiger charge is -2.12. The van der Waals surface area contributed by atoms with Gasteiger partial charge in [0.05, 0.1) is 28.9 Å². The summed E-state index contributed by atoms with van der Waals surface area (Å²) in [4.78, 5) is 17.2. The maximum Gasteiger partial charge on any atom is 0.295 e. The number of pyridine rings is 2. The normalized spacial score (nSPS) is 10.8. The lowest BCUT2D eigenvalue weighted by molar-refractivity contribution is 0.468. The fourth-order valence-electron chi connectivity index (χ4n) is 2.79. The molecular formula is C19H10Cl3N5O2. The molecule has 29 heavy (non-hydrogen) atoms. The van der Waals surface area contributed by atoms with Gasteiger partial charge in [-0.1, -0.05) is 34.8 Å². The Labute approximate surface area is 179 Å². The van der Waals surface area contributed by atoms with Crippen LogP contribution in [0.1, 0.15) is 11.3 Å². The zero-order valence-electron chi connectivity index (χ0n) is 14.5. The van der Waals surface area contributed by atoms with Gasteiger partial charge in [-0.25, -0.2) is 4.98 Å². The number of aromatic amines is 1. The highest BCUT2D eigenvalue weighted by Gasteiger charge is 2.18. The second-order valence-electron chi connectivity index (χ2n) is 6.02. The van der Waals surface area contributed by atoms with Crippen LogP contribution < -0.4 is 10.3 Å². The fraction of sp³-hybridized carbons (Fsp3) is 0.0526. The molecule has 4 rings (SSSR count). The van der Waals surface area contributed by atoms with Crippen molar-refractivity contribution in [3.8, 4) is 17.6 Å². The van der Waals surface area contributed by atoms with E-state index in [4.69, 9.17) is 44.8 Å². The average Bonchev–Trinajstić information content (AvgIpc) is 3.12. The van der Waals surface area contributed by atoms with E-state index in [-0.39, 0.29) is 38.7 Å². The Morgan fingerprint density at radius 2 is 2.07 bits per heavy atom. The summed E-state index contributed by atoms with van der Waals surface area (Å²) in [7, 11) is 0. The van der Waals surface area contributed by atoms with Crippen LogP contribution in [0.15, 0.2) is 47.5 Å². The average molecular weight is 447 g/mol. The second kappa shape index (κ2) is 7.76. The number of fused-ring (bicyclic) bond motifs is 1. The van der Waals surface area contributed by atoms with Crippen LogP contribution in [-0.4, -0.2) is 19.7 Å². The van der Waals surface area contributed by atoms with Gasteiger partial charge in [-0.05, 0) is 30.3 Å². The lowest BCUT2D eigenvalue weighted by atomic mass is 10.2. The Balaban J connectivity index is 1.76. The van der Waals surface area contributed by atoms with Gasteiger partial charge in [-0.2, -0.15) is 10.4 Å². The van der Waals surface area contributed by atoms with Crippen molar-refractivity contribution in [1.29, 1.82) is 5.26 Å². The van der Waals surface area contributed by atoms with E-state index in [0.717, 1.165) is 5.39 Å². The summed E-state index contributed by atoms with van der Waals surface area (Å²) in [6, 6.07) is 9.98. The molecule has 0 amide bonds. The zero-order chi connectivity index (χ0) is 20.5. The Hall–Kier alpha value is -3.05. The summed E-state index contributed by atoms with van der Waals surface area (Å²) in [5.41, 5.74) is 0.982. The van der Waals surface area contributed by atoms with E-state index < -0.39 is 5.56 Å². The third-order valence-corrected chi connectivity index (χ3v) is 5.07. The molecule has 1 aromatic carbocycles. The van der Waals surface area contributed by atoms with Crippen molar-refractivity contribution >= 4 is 45.8 Å². The van der Waals surface area contributed by atoms with E-state index >= 15 is 0 Å². The highest BCUT2D eigenvalue weighted by Crippen LogP contribution is 2.33. The van der Waals surface area contributed by atoms with Crippen molar-refractivity contribution in [3.05, 3.63) is 79.4 Å². The van der Waals surface area contributed by atoms with Crippen molar-refractivity contribution < 1.29 is 4.74 Å². The molecule has 0 aliphatic rings.